The molecule has 4 nitrogen and oxygen atoms in total. The van der Waals surface area contributed by atoms with E-state index in [-0.39, 0.29) is 17.9 Å². The van der Waals surface area contributed by atoms with E-state index in [4.69, 9.17) is 9.47 Å². The van der Waals surface area contributed by atoms with E-state index in [1.54, 1.807) is 6.92 Å². The van der Waals surface area contributed by atoms with Crippen LogP contribution in [-0.4, -0.2) is 31.1 Å². The number of carbonyl (C=O) groups excluding carboxylic acids is 2. The maximum Gasteiger partial charge on any atom is 0.319 e. The lowest BCUT2D eigenvalue weighted by molar-refractivity contribution is -0.163. The van der Waals surface area contributed by atoms with Crippen LogP contribution in [0.5, 0.6) is 0 Å². The summed E-state index contributed by atoms with van der Waals surface area (Å²) < 4.78 is 10.8. The van der Waals surface area contributed by atoms with Crippen LogP contribution in [0.3, 0.4) is 0 Å². The summed E-state index contributed by atoms with van der Waals surface area (Å²) in [6.07, 6.45) is 6.76. The van der Waals surface area contributed by atoms with Gasteiger partial charge < -0.3 is 9.47 Å². The predicted molar refractivity (Wildman–Crippen MR) is 70.7 cm³/mol. The first-order chi connectivity index (χ1) is 9.19. The summed E-state index contributed by atoms with van der Waals surface area (Å²) in [4.78, 5) is 24.5. The molecule has 0 spiro atoms. The van der Waals surface area contributed by atoms with E-state index >= 15 is 0 Å². The number of esters is 1. The zero-order chi connectivity index (χ0) is 13.7. The second kappa shape index (κ2) is 6.51. The summed E-state index contributed by atoms with van der Waals surface area (Å²) in [6, 6.07) is 0. The maximum atomic E-state index is 12.3. The van der Waals surface area contributed by atoms with E-state index in [1.165, 1.54) is 0 Å². The minimum absolute atomic E-state index is 0.0789. The molecule has 108 valence electrons. The molecule has 0 amide bonds. The maximum absolute atomic E-state index is 12.3. The Balaban J connectivity index is 2.04. The summed E-state index contributed by atoms with van der Waals surface area (Å²) in [5, 5.41) is 0. The van der Waals surface area contributed by atoms with Crippen LogP contribution < -0.4 is 0 Å². The third kappa shape index (κ3) is 3.16. The highest BCUT2D eigenvalue weighted by molar-refractivity contribution is 6.04. The van der Waals surface area contributed by atoms with Crippen molar-refractivity contribution >= 4 is 11.8 Å². The lowest BCUT2D eigenvalue weighted by atomic mass is 9.69. The molecular weight excluding hydrogens is 244 g/mol. The monoisotopic (exact) mass is 268 g/mol. The summed E-state index contributed by atoms with van der Waals surface area (Å²) >= 11 is 0. The molecule has 19 heavy (non-hydrogen) atoms. The quantitative estimate of drug-likeness (QED) is 0.568. The Morgan fingerprint density at radius 2 is 2.26 bits per heavy atom. The Morgan fingerprint density at radius 1 is 1.42 bits per heavy atom. The third-order valence-corrected chi connectivity index (χ3v) is 4.37. The third-order valence-electron chi connectivity index (χ3n) is 4.37. The standard InChI is InChI=1S/C15H24O4/c1-2-18-14(17)15(9-4-3-7-13(15)16)10-8-12-6-5-11-19-12/h12H,2-11H2,1H3. The molecule has 0 aromatic rings. The summed E-state index contributed by atoms with van der Waals surface area (Å²) in [6.45, 7) is 2.94. The molecule has 1 aliphatic carbocycles. The molecule has 1 saturated heterocycles. The van der Waals surface area contributed by atoms with E-state index < -0.39 is 5.41 Å². The van der Waals surface area contributed by atoms with Gasteiger partial charge in [0.15, 0.2) is 0 Å². The fraction of sp³-hybridized carbons (Fsp3) is 0.867. The van der Waals surface area contributed by atoms with Gasteiger partial charge in [0.1, 0.15) is 11.2 Å². The average molecular weight is 268 g/mol. The Bertz CT molecular complexity index is 333. The van der Waals surface area contributed by atoms with Crippen molar-refractivity contribution in [1.29, 1.82) is 0 Å². The Morgan fingerprint density at radius 3 is 2.89 bits per heavy atom. The molecule has 2 unspecified atom stereocenters. The Labute approximate surface area is 114 Å². The molecule has 4 heteroatoms. The van der Waals surface area contributed by atoms with Gasteiger partial charge in [-0.3, -0.25) is 9.59 Å². The number of rotatable bonds is 5. The first kappa shape index (κ1) is 14.5. The normalized spacial score (nSPS) is 31.4. The molecule has 2 fully saturated rings. The van der Waals surface area contributed by atoms with Gasteiger partial charge in [-0.05, 0) is 45.4 Å². The second-order valence-corrected chi connectivity index (χ2v) is 5.61. The number of carbonyl (C=O) groups is 2. The van der Waals surface area contributed by atoms with Gasteiger partial charge in [0, 0.05) is 13.0 Å². The van der Waals surface area contributed by atoms with E-state index in [0.29, 0.717) is 25.9 Å². The number of ketones is 1. The van der Waals surface area contributed by atoms with Crippen LogP contribution in [-0.2, 0) is 19.1 Å². The second-order valence-electron chi connectivity index (χ2n) is 5.61. The molecule has 0 radical (unpaired) electrons. The van der Waals surface area contributed by atoms with Gasteiger partial charge in [-0.25, -0.2) is 0 Å². The van der Waals surface area contributed by atoms with Crippen LogP contribution >= 0.6 is 0 Å². The predicted octanol–water partition coefficient (Wildman–Crippen LogP) is 2.64. The van der Waals surface area contributed by atoms with Gasteiger partial charge in [0.2, 0.25) is 0 Å². The van der Waals surface area contributed by atoms with Crippen molar-refractivity contribution in [1.82, 2.24) is 0 Å². The molecule has 0 bridgehead atoms. The van der Waals surface area contributed by atoms with Crippen molar-refractivity contribution < 1.29 is 19.1 Å². The van der Waals surface area contributed by atoms with E-state index in [9.17, 15) is 9.59 Å². The van der Waals surface area contributed by atoms with E-state index in [0.717, 1.165) is 38.7 Å². The summed E-state index contributed by atoms with van der Waals surface area (Å²) in [7, 11) is 0. The minimum Gasteiger partial charge on any atom is -0.465 e. The SMILES string of the molecule is CCOC(=O)C1(CCC2CCCO2)CCCCC1=O. The average Bonchev–Trinajstić information content (AvgIpc) is 2.91. The molecule has 1 aliphatic heterocycles. The zero-order valence-electron chi connectivity index (χ0n) is 11.8. The highest BCUT2D eigenvalue weighted by Crippen LogP contribution is 2.40. The topological polar surface area (TPSA) is 52.6 Å². The van der Waals surface area contributed by atoms with Crippen molar-refractivity contribution in [3.8, 4) is 0 Å². The number of hydrogen-bond donors (Lipinski definition) is 0. The highest BCUT2D eigenvalue weighted by atomic mass is 16.5. The molecule has 2 atom stereocenters. The van der Waals surface area contributed by atoms with E-state index in [1.807, 2.05) is 0 Å². The highest BCUT2D eigenvalue weighted by Gasteiger charge is 2.47. The molecule has 2 rings (SSSR count). The largest absolute Gasteiger partial charge is 0.465 e. The van der Waals surface area contributed by atoms with Crippen molar-refractivity contribution in [2.75, 3.05) is 13.2 Å². The molecule has 0 aromatic heterocycles. The van der Waals surface area contributed by atoms with Crippen LogP contribution in [0.4, 0.5) is 0 Å². The summed E-state index contributed by atoms with van der Waals surface area (Å²) in [5.41, 5.74) is -0.875. The molecule has 1 saturated carbocycles. The lowest BCUT2D eigenvalue weighted by Crippen LogP contribution is -2.43. The van der Waals surface area contributed by atoms with Gasteiger partial charge in [-0.2, -0.15) is 0 Å². The first-order valence-corrected chi connectivity index (χ1v) is 7.51. The molecule has 2 aliphatic rings. The number of hydrogen-bond acceptors (Lipinski definition) is 4. The van der Waals surface area contributed by atoms with Crippen LogP contribution in [0.25, 0.3) is 0 Å². The van der Waals surface area contributed by atoms with Crippen molar-refractivity contribution in [2.24, 2.45) is 5.41 Å². The van der Waals surface area contributed by atoms with Crippen molar-refractivity contribution in [3.05, 3.63) is 0 Å². The van der Waals surface area contributed by atoms with Crippen molar-refractivity contribution in [3.63, 3.8) is 0 Å². The minimum atomic E-state index is -0.875. The first-order valence-electron chi connectivity index (χ1n) is 7.51. The van der Waals surface area contributed by atoms with Gasteiger partial charge in [0.25, 0.3) is 0 Å². The molecule has 1 heterocycles. The van der Waals surface area contributed by atoms with Gasteiger partial charge in [0.05, 0.1) is 12.7 Å². The van der Waals surface area contributed by atoms with Crippen LogP contribution in [0, 0.1) is 5.41 Å². The molecule has 0 N–H and O–H groups in total. The Kier molecular flexibility index (Phi) is 4.97. The van der Waals surface area contributed by atoms with E-state index in [2.05, 4.69) is 0 Å². The van der Waals surface area contributed by atoms with Gasteiger partial charge in [-0.1, -0.05) is 6.42 Å². The van der Waals surface area contributed by atoms with Crippen LogP contribution in [0.1, 0.15) is 58.3 Å². The van der Waals surface area contributed by atoms with Gasteiger partial charge >= 0.3 is 5.97 Å². The smallest absolute Gasteiger partial charge is 0.319 e. The molecule has 0 aromatic carbocycles. The van der Waals surface area contributed by atoms with Crippen LogP contribution in [0.2, 0.25) is 0 Å². The van der Waals surface area contributed by atoms with Gasteiger partial charge in [-0.15, -0.1) is 0 Å². The zero-order valence-corrected chi connectivity index (χ0v) is 11.8. The Hall–Kier alpha value is -0.900. The molecular formula is C15H24O4. The fourth-order valence-electron chi connectivity index (χ4n) is 3.22. The van der Waals surface area contributed by atoms with Crippen molar-refractivity contribution in [2.45, 2.75) is 64.4 Å². The summed E-state index contributed by atoms with van der Waals surface area (Å²) in [5.74, 6) is -0.229. The lowest BCUT2D eigenvalue weighted by Gasteiger charge is -2.34. The number of Topliss-reactive ketones (excluding diaryl/α,β-unsaturated/α-hetero) is 1. The van der Waals surface area contributed by atoms with Crippen LogP contribution in [0.15, 0.2) is 0 Å². The fourth-order valence-corrected chi connectivity index (χ4v) is 3.22. The number of ether oxygens (including phenoxy) is 2.